The lowest BCUT2D eigenvalue weighted by molar-refractivity contribution is -0.138. The van der Waals surface area contributed by atoms with Crippen molar-refractivity contribution < 1.29 is 19.1 Å². The second-order valence-electron chi connectivity index (χ2n) is 10.6. The number of likely N-dealkylation sites (tertiary alicyclic amines) is 2. The SMILES string of the molecule is CCCN1CCC(c2ccc(C(N)=O)c([C@H](CC(C)C)C(=O)N3CC[C@H]4OCC(=O)[C@H]43)c2)CC1. The summed E-state index contributed by atoms with van der Waals surface area (Å²) in [5.41, 5.74) is 8.09. The van der Waals surface area contributed by atoms with Gasteiger partial charge in [-0.1, -0.05) is 32.9 Å². The number of nitrogens with two attached hydrogens (primary N) is 1. The van der Waals surface area contributed by atoms with Crippen LogP contribution in [-0.4, -0.2) is 72.3 Å². The highest BCUT2D eigenvalue weighted by Gasteiger charge is 2.48. The van der Waals surface area contributed by atoms with Crippen LogP contribution in [0.4, 0.5) is 0 Å². The van der Waals surface area contributed by atoms with E-state index in [-0.39, 0.29) is 30.3 Å². The second-order valence-corrected chi connectivity index (χ2v) is 10.6. The summed E-state index contributed by atoms with van der Waals surface area (Å²) in [7, 11) is 0. The summed E-state index contributed by atoms with van der Waals surface area (Å²) in [4.78, 5) is 43.0. The molecule has 2 amide bonds. The molecule has 3 atom stereocenters. The van der Waals surface area contributed by atoms with Gasteiger partial charge in [0.1, 0.15) is 12.6 Å². The van der Waals surface area contributed by atoms with Crippen molar-refractivity contribution in [2.75, 3.05) is 32.8 Å². The van der Waals surface area contributed by atoms with Crippen LogP contribution in [-0.2, 0) is 14.3 Å². The zero-order valence-electron chi connectivity index (χ0n) is 20.8. The lowest BCUT2D eigenvalue weighted by atomic mass is 9.81. The van der Waals surface area contributed by atoms with Gasteiger partial charge in [0.05, 0.1) is 12.0 Å². The maximum atomic E-state index is 13.9. The maximum absolute atomic E-state index is 13.9. The van der Waals surface area contributed by atoms with Gasteiger partial charge in [-0.15, -0.1) is 0 Å². The first-order valence-electron chi connectivity index (χ1n) is 12.9. The second kappa shape index (κ2) is 10.6. The minimum absolute atomic E-state index is 0.0261. The van der Waals surface area contributed by atoms with E-state index >= 15 is 0 Å². The summed E-state index contributed by atoms with van der Waals surface area (Å²) in [5.74, 6) is -0.483. The fourth-order valence-electron chi connectivity index (χ4n) is 6.03. The van der Waals surface area contributed by atoms with E-state index in [0.717, 1.165) is 44.5 Å². The number of primary amides is 1. The molecule has 7 heteroatoms. The first-order chi connectivity index (χ1) is 16.3. The topological polar surface area (TPSA) is 92.9 Å². The van der Waals surface area contributed by atoms with Gasteiger partial charge in [-0.3, -0.25) is 14.4 Å². The van der Waals surface area contributed by atoms with Gasteiger partial charge in [-0.05, 0) is 80.8 Å². The van der Waals surface area contributed by atoms with Crippen LogP contribution in [0.2, 0.25) is 0 Å². The fourth-order valence-corrected chi connectivity index (χ4v) is 6.03. The van der Waals surface area contributed by atoms with E-state index in [1.165, 1.54) is 5.56 Å². The number of ether oxygens (including phenoxy) is 1. The van der Waals surface area contributed by atoms with Gasteiger partial charge in [0.15, 0.2) is 5.78 Å². The van der Waals surface area contributed by atoms with E-state index in [1.54, 1.807) is 4.90 Å². The molecule has 3 heterocycles. The molecule has 1 aromatic rings. The normalized spacial score (nSPS) is 24.6. The van der Waals surface area contributed by atoms with E-state index in [9.17, 15) is 14.4 Å². The summed E-state index contributed by atoms with van der Waals surface area (Å²) in [6.07, 6.45) is 4.37. The Morgan fingerprint density at radius 3 is 2.53 bits per heavy atom. The van der Waals surface area contributed by atoms with Crippen LogP contribution in [0.25, 0.3) is 0 Å². The van der Waals surface area contributed by atoms with Gasteiger partial charge in [0, 0.05) is 12.1 Å². The number of Topliss-reactive ketones (excluding diaryl/α,β-unsaturated/α-hetero) is 1. The molecule has 34 heavy (non-hydrogen) atoms. The molecule has 7 nitrogen and oxygen atoms in total. The third kappa shape index (κ3) is 5.05. The molecule has 3 fully saturated rings. The van der Waals surface area contributed by atoms with Crippen molar-refractivity contribution in [3.63, 3.8) is 0 Å². The molecule has 0 aromatic heterocycles. The molecule has 0 spiro atoms. The average Bonchev–Trinajstić information content (AvgIpc) is 3.40. The Kier molecular flexibility index (Phi) is 7.73. The fraction of sp³-hybridized carbons (Fsp3) is 0.667. The monoisotopic (exact) mass is 469 g/mol. The van der Waals surface area contributed by atoms with Gasteiger partial charge in [0.2, 0.25) is 11.8 Å². The number of carbonyl (C=O) groups excluding carboxylic acids is 3. The van der Waals surface area contributed by atoms with Crippen molar-refractivity contribution in [3.8, 4) is 0 Å². The summed E-state index contributed by atoms with van der Waals surface area (Å²) in [6.45, 7) is 10.2. The minimum atomic E-state index is -0.513. The van der Waals surface area contributed by atoms with Gasteiger partial charge in [0.25, 0.3) is 0 Å². The zero-order chi connectivity index (χ0) is 24.4. The molecule has 3 aliphatic rings. The standard InChI is InChI=1S/C27H39N3O4/c1-4-10-29-11-7-18(8-12-29)19-5-6-20(26(28)32)21(15-19)22(14-17(2)3)27(33)30-13-9-24-25(30)23(31)16-34-24/h5-6,15,17-18,22,24-25H,4,7-14,16H2,1-3H3,(H2,28,32)/t22-,24+,25+/m0/s1. The number of carbonyl (C=O) groups is 3. The maximum Gasteiger partial charge on any atom is 0.249 e. The molecule has 4 rings (SSSR count). The highest BCUT2D eigenvalue weighted by molar-refractivity contribution is 5.98. The van der Waals surface area contributed by atoms with Crippen molar-refractivity contribution in [2.24, 2.45) is 11.7 Å². The third-order valence-electron chi connectivity index (χ3n) is 7.72. The quantitative estimate of drug-likeness (QED) is 0.632. The molecule has 3 aliphatic heterocycles. The Morgan fingerprint density at radius 1 is 1.15 bits per heavy atom. The van der Waals surface area contributed by atoms with Gasteiger partial charge in [-0.2, -0.15) is 0 Å². The van der Waals surface area contributed by atoms with Gasteiger partial charge in [-0.25, -0.2) is 0 Å². The Morgan fingerprint density at radius 2 is 1.88 bits per heavy atom. The van der Waals surface area contributed by atoms with Gasteiger partial charge >= 0.3 is 0 Å². The van der Waals surface area contributed by atoms with Crippen LogP contribution in [0.1, 0.15) is 86.2 Å². The molecule has 0 aliphatic carbocycles. The number of piperidine rings is 1. The Bertz CT molecular complexity index is 922. The molecular weight excluding hydrogens is 430 g/mol. The largest absolute Gasteiger partial charge is 0.368 e. The number of hydrogen-bond acceptors (Lipinski definition) is 5. The lowest BCUT2D eigenvalue weighted by Crippen LogP contribution is -2.44. The van der Waals surface area contributed by atoms with E-state index in [1.807, 2.05) is 12.1 Å². The summed E-state index contributed by atoms with van der Waals surface area (Å²) >= 11 is 0. The third-order valence-corrected chi connectivity index (χ3v) is 7.72. The molecule has 2 N–H and O–H groups in total. The van der Waals surface area contributed by atoms with Crippen LogP contribution < -0.4 is 5.73 Å². The zero-order valence-corrected chi connectivity index (χ0v) is 20.8. The lowest BCUT2D eigenvalue weighted by Gasteiger charge is -2.33. The number of rotatable bonds is 8. The van der Waals surface area contributed by atoms with E-state index in [2.05, 4.69) is 31.7 Å². The highest BCUT2D eigenvalue weighted by atomic mass is 16.5. The average molecular weight is 470 g/mol. The van der Waals surface area contributed by atoms with Crippen molar-refractivity contribution in [3.05, 3.63) is 34.9 Å². The van der Waals surface area contributed by atoms with Gasteiger partial charge < -0.3 is 20.3 Å². The predicted octanol–water partition coefficient (Wildman–Crippen LogP) is 3.07. The minimum Gasteiger partial charge on any atom is -0.368 e. The van der Waals surface area contributed by atoms with Crippen LogP contribution in [0, 0.1) is 5.92 Å². The molecular formula is C27H39N3O4. The number of fused-ring (bicyclic) bond motifs is 1. The van der Waals surface area contributed by atoms with Crippen molar-refractivity contribution in [2.45, 2.75) is 76.9 Å². The highest BCUT2D eigenvalue weighted by Crippen LogP contribution is 2.37. The van der Waals surface area contributed by atoms with Crippen molar-refractivity contribution in [1.82, 2.24) is 9.80 Å². The number of benzene rings is 1. The number of ketones is 1. The van der Waals surface area contributed by atoms with Crippen LogP contribution in [0.15, 0.2) is 18.2 Å². The van der Waals surface area contributed by atoms with Crippen molar-refractivity contribution >= 4 is 17.6 Å². The van der Waals surface area contributed by atoms with Crippen molar-refractivity contribution in [1.29, 1.82) is 0 Å². The molecule has 0 bridgehead atoms. The molecule has 1 aromatic carbocycles. The number of hydrogen-bond donors (Lipinski definition) is 1. The molecule has 0 saturated carbocycles. The first kappa shape index (κ1) is 24.9. The van der Waals surface area contributed by atoms with E-state index < -0.39 is 17.9 Å². The Balaban J connectivity index is 1.65. The number of nitrogens with zero attached hydrogens (tertiary/aromatic N) is 2. The van der Waals surface area contributed by atoms with Crippen LogP contribution in [0.5, 0.6) is 0 Å². The molecule has 186 valence electrons. The summed E-state index contributed by atoms with van der Waals surface area (Å²) < 4.78 is 5.60. The molecule has 0 unspecified atom stereocenters. The Labute approximate surface area is 203 Å². The smallest absolute Gasteiger partial charge is 0.249 e. The predicted molar refractivity (Wildman–Crippen MR) is 131 cm³/mol. The summed E-state index contributed by atoms with van der Waals surface area (Å²) in [6, 6.07) is 5.39. The molecule has 3 saturated heterocycles. The Hall–Kier alpha value is -2.25. The van der Waals surface area contributed by atoms with E-state index in [4.69, 9.17) is 10.5 Å². The number of amides is 2. The van der Waals surface area contributed by atoms with Crippen LogP contribution in [0.3, 0.4) is 0 Å². The first-order valence-corrected chi connectivity index (χ1v) is 12.9. The molecule has 0 radical (unpaired) electrons. The van der Waals surface area contributed by atoms with Crippen LogP contribution >= 0.6 is 0 Å². The van der Waals surface area contributed by atoms with E-state index in [0.29, 0.717) is 30.9 Å². The summed E-state index contributed by atoms with van der Waals surface area (Å²) in [5, 5.41) is 0.